The molecular weight excluding hydrogens is 216 g/mol. The van der Waals surface area contributed by atoms with E-state index < -0.39 is 5.60 Å². The zero-order chi connectivity index (χ0) is 12.5. The average molecular weight is 240 g/mol. The van der Waals surface area contributed by atoms with Crippen LogP contribution in [0.25, 0.3) is 0 Å². The van der Waals surface area contributed by atoms with E-state index in [0.717, 1.165) is 32.4 Å². The van der Waals surface area contributed by atoms with Crippen molar-refractivity contribution in [2.24, 2.45) is 0 Å². The Bertz CT molecular complexity index is 276. The van der Waals surface area contributed by atoms with Crippen molar-refractivity contribution in [3.8, 4) is 0 Å². The Balaban J connectivity index is 2.01. The second-order valence-electron chi connectivity index (χ2n) is 6.12. The molecule has 2 fully saturated rings. The van der Waals surface area contributed by atoms with Gasteiger partial charge in [0, 0.05) is 18.6 Å². The first kappa shape index (κ1) is 12.7. The number of nitrogens with one attached hydrogen (secondary N) is 1. The lowest BCUT2D eigenvalue weighted by molar-refractivity contribution is -0.00371. The van der Waals surface area contributed by atoms with Crippen LogP contribution in [0.2, 0.25) is 0 Å². The highest BCUT2D eigenvalue weighted by atomic mass is 16.6. The number of hydrogen-bond donors (Lipinski definition) is 1. The Morgan fingerprint density at radius 2 is 1.94 bits per heavy atom. The number of hydrogen-bond acceptors (Lipinski definition) is 3. The van der Waals surface area contributed by atoms with E-state index >= 15 is 0 Å². The highest BCUT2D eigenvalue weighted by molar-refractivity contribution is 5.69. The minimum Gasteiger partial charge on any atom is -0.444 e. The zero-order valence-electron chi connectivity index (χ0n) is 11.2. The number of rotatable bonds is 2. The summed E-state index contributed by atoms with van der Waals surface area (Å²) in [6.45, 7) is 7.71. The number of carbonyl (C=O) groups is 1. The highest BCUT2D eigenvalue weighted by Crippen LogP contribution is 2.29. The number of nitrogens with zero attached hydrogens (tertiary/aromatic N) is 1. The van der Waals surface area contributed by atoms with Gasteiger partial charge in [0.05, 0.1) is 0 Å². The van der Waals surface area contributed by atoms with Crippen molar-refractivity contribution in [1.29, 1.82) is 0 Å². The molecule has 1 aliphatic carbocycles. The van der Waals surface area contributed by atoms with E-state index in [2.05, 4.69) is 5.32 Å². The molecule has 4 nitrogen and oxygen atoms in total. The third-order valence-corrected chi connectivity index (χ3v) is 3.50. The fraction of sp³-hybridized carbons (Fsp3) is 0.923. The summed E-state index contributed by atoms with van der Waals surface area (Å²) in [6.07, 6.45) is 4.43. The molecule has 0 bridgehead atoms. The Morgan fingerprint density at radius 1 is 1.24 bits per heavy atom. The molecule has 1 N–H and O–H groups in total. The third-order valence-electron chi connectivity index (χ3n) is 3.50. The van der Waals surface area contributed by atoms with E-state index in [0.29, 0.717) is 12.1 Å². The molecule has 0 aromatic rings. The van der Waals surface area contributed by atoms with E-state index in [-0.39, 0.29) is 6.09 Å². The van der Waals surface area contributed by atoms with Crippen molar-refractivity contribution in [3.05, 3.63) is 0 Å². The molecule has 4 heteroatoms. The van der Waals surface area contributed by atoms with E-state index in [9.17, 15) is 4.79 Å². The summed E-state index contributed by atoms with van der Waals surface area (Å²) in [6, 6.07) is 0.741. The maximum Gasteiger partial charge on any atom is 0.410 e. The summed E-state index contributed by atoms with van der Waals surface area (Å²) in [7, 11) is 0. The van der Waals surface area contributed by atoms with Gasteiger partial charge >= 0.3 is 6.09 Å². The van der Waals surface area contributed by atoms with Crippen LogP contribution < -0.4 is 5.32 Å². The summed E-state index contributed by atoms with van der Waals surface area (Å²) in [5.41, 5.74) is -0.398. The van der Waals surface area contributed by atoms with Crippen LogP contribution in [0.3, 0.4) is 0 Å². The molecule has 1 aliphatic heterocycles. The van der Waals surface area contributed by atoms with Crippen LogP contribution in [0, 0.1) is 0 Å². The lowest BCUT2D eigenvalue weighted by Gasteiger charge is -2.41. The molecule has 2 aliphatic rings. The van der Waals surface area contributed by atoms with Gasteiger partial charge in [-0.05, 0) is 53.0 Å². The summed E-state index contributed by atoms with van der Waals surface area (Å²) < 4.78 is 5.53. The zero-order valence-corrected chi connectivity index (χ0v) is 11.2. The van der Waals surface area contributed by atoms with Gasteiger partial charge in [-0.1, -0.05) is 0 Å². The minimum atomic E-state index is -0.398. The molecule has 1 amide bonds. The molecule has 1 atom stereocenters. The smallest absolute Gasteiger partial charge is 0.410 e. The maximum absolute atomic E-state index is 12.3. The molecule has 0 aromatic heterocycles. The van der Waals surface area contributed by atoms with Crippen LogP contribution in [-0.2, 0) is 4.74 Å². The Hall–Kier alpha value is -0.770. The molecule has 17 heavy (non-hydrogen) atoms. The molecule has 0 spiro atoms. The van der Waals surface area contributed by atoms with E-state index in [1.807, 2.05) is 25.7 Å². The predicted molar refractivity (Wildman–Crippen MR) is 67.0 cm³/mol. The van der Waals surface area contributed by atoms with Crippen LogP contribution in [0.4, 0.5) is 4.79 Å². The molecule has 2 rings (SSSR count). The molecule has 0 aromatic carbocycles. The van der Waals surface area contributed by atoms with Crippen LogP contribution >= 0.6 is 0 Å². The Labute approximate surface area is 104 Å². The van der Waals surface area contributed by atoms with Gasteiger partial charge in [-0.2, -0.15) is 0 Å². The molecule has 0 unspecified atom stereocenters. The van der Waals surface area contributed by atoms with Gasteiger partial charge < -0.3 is 15.0 Å². The van der Waals surface area contributed by atoms with Gasteiger partial charge in [-0.3, -0.25) is 0 Å². The Morgan fingerprint density at radius 3 is 2.35 bits per heavy atom. The largest absolute Gasteiger partial charge is 0.444 e. The molecule has 1 saturated heterocycles. The first-order valence-corrected chi connectivity index (χ1v) is 6.69. The van der Waals surface area contributed by atoms with Crippen molar-refractivity contribution < 1.29 is 9.53 Å². The second kappa shape index (κ2) is 4.84. The second-order valence-corrected chi connectivity index (χ2v) is 6.12. The highest BCUT2D eigenvalue weighted by Gasteiger charge is 2.37. The lowest BCUT2D eigenvalue weighted by Crippen LogP contribution is -2.52. The van der Waals surface area contributed by atoms with E-state index in [1.165, 1.54) is 6.42 Å². The van der Waals surface area contributed by atoms with Gasteiger partial charge in [-0.15, -0.1) is 0 Å². The van der Waals surface area contributed by atoms with Crippen molar-refractivity contribution in [1.82, 2.24) is 10.2 Å². The molecular formula is C13H24N2O2. The van der Waals surface area contributed by atoms with Crippen molar-refractivity contribution in [2.45, 2.75) is 64.1 Å². The minimum absolute atomic E-state index is 0.129. The van der Waals surface area contributed by atoms with Gasteiger partial charge in [0.2, 0.25) is 0 Å². The van der Waals surface area contributed by atoms with Gasteiger partial charge in [0.25, 0.3) is 0 Å². The maximum atomic E-state index is 12.3. The SMILES string of the molecule is CC(C)(C)OC(=O)N(C1CCC1)[C@@H]1CCNC1. The van der Waals surface area contributed by atoms with Crippen LogP contribution in [0.15, 0.2) is 0 Å². The topological polar surface area (TPSA) is 41.6 Å². The number of ether oxygens (including phenoxy) is 1. The van der Waals surface area contributed by atoms with Gasteiger partial charge in [0.15, 0.2) is 0 Å². The molecule has 98 valence electrons. The van der Waals surface area contributed by atoms with E-state index in [4.69, 9.17) is 4.74 Å². The normalized spacial score (nSPS) is 25.5. The predicted octanol–water partition coefficient (Wildman–Crippen LogP) is 2.14. The van der Waals surface area contributed by atoms with Crippen molar-refractivity contribution in [3.63, 3.8) is 0 Å². The average Bonchev–Trinajstić information content (AvgIpc) is 2.59. The monoisotopic (exact) mass is 240 g/mol. The standard InChI is InChI=1S/C13H24N2O2/c1-13(2,3)17-12(16)15(10-5-4-6-10)11-7-8-14-9-11/h10-11,14H,4-9H2,1-3H3/t11-/m1/s1. The summed E-state index contributed by atoms with van der Waals surface area (Å²) in [4.78, 5) is 14.3. The van der Waals surface area contributed by atoms with E-state index in [1.54, 1.807) is 0 Å². The lowest BCUT2D eigenvalue weighted by atomic mass is 9.90. The van der Waals surface area contributed by atoms with Crippen LogP contribution in [0.1, 0.15) is 46.5 Å². The number of carbonyl (C=O) groups excluding carboxylic acids is 1. The molecule has 1 saturated carbocycles. The fourth-order valence-corrected chi connectivity index (χ4v) is 2.45. The summed E-state index contributed by atoms with van der Waals surface area (Å²) >= 11 is 0. The van der Waals surface area contributed by atoms with Crippen molar-refractivity contribution >= 4 is 6.09 Å². The molecule has 1 heterocycles. The summed E-state index contributed by atoms with van der Waals surface area (Å²) in [5.74, 6) is 0. The van der Waals surface area contributed by atoms with Gasteiger partial charge in [0.1, 0.15) is 5.60 Å². The summed E-state index contributed by atoms with van der Waals surface area (Å²) in [5, 5.41) is 3.32. The Kier molecular flexibility index (Phi) is 3.61. The van der Waals surface area contributed by atoms with Crippen LogP contribution in [-0.4, -0.2) is 41.8 Å². The quantitative estimate of drug-likeness (QED) is 0.804. The first-order chi connectivity index (χ1) is 7.97. The van der Waals surface area contributed by atoms with Crippen molar-refractivity contribution in [2.75, 3.05) is 13.1 Å². The number of amides is 1. The first-order valence-electron chi connectivity index (χ1n) is 6.69. The third kappa shape index (κ3) is 3.12. The fourth-order valence-electron chi connectivity index (χ4n) is 2.45. The van der Waals surface area contributed by atoms with Gasteiger partial charge in [-0.25, -0.2) is 4.79 Å². The molecule has 0 radical (unpaired) electrons. The van der Waals surface area contributed by atoms with Crippen LogP contribution in [0.5, 0.6) is 0 Å².